The van der Waals surface area contributed by atoms with E-state index in [2.05, 4.69) is 41.5 Å². The van der Waals surface area contributed by atoms with E-state index in [9.17, 15) is 9.18 Å². The Morgan fingerprint density at radius 2 is 1.88 bits per heavy atom. The zero-order valence-corrected chi connectivity index (χ0v) is 24.4. The van der Waals surface area contributed by atoms with Crippen molar-refractivity contribution in [3.8, 4) is 17.0 Å². The van der Waals surface area contributed by atoms with Crippen LogP contribution < -0.4 is 10.1 Å². The topological polar surface area (TPSA) is 99.2 Å². The zero-order chi connectivity index (χ0) is 28.5. The number of imidazole rings is 1. The van der Waals surface area contributed by atoms with Crippen LogP contribution in [0, 0.1) is 19.7 Å². The van der Waals surface area contributed by atoms with Gasteiger partial charge in [-0.15, -0.1) is 16.4 Å². The van der Waals surface area contributed by atoms with Gasteiger partial charge in [0.2, 0.25) is 0 Å². The SMILES string of the molecule is Cc1ccc2nc(COc3ccc(C(=O)Nc4ccc(F)c(-c5cn(Cc6nc(Br)sc6C)nn5)c4)cc3)cn2c1. The highest BCUT2D eigenvalue weighted by Gasteiger charge is 2.15. The number of fused-ring (bicyclic) bond motifs is 1. The second-order valence-corrected chi connectivity index (χ2v) is 11.9. The van der Waals surface area contributed by atoms with E-state index < -0.39 is 5.82 Å². The summed E-state index contributed by atoms with van der Waals surface area (Å²) in [6, 6.07) is 15.1. The number of aryl methyl sites for hydroxylation is 2. The number of rotatable bonds is 8. The molecule has 0 aliphatic heterocycles. The van der Waals surface area contributed by atoms with Gasteiger partial charge in [-0.3, -0.25) is 4.79 Å². The lowest BCUT2D eigenvalue weighted by Crippen LogP contribution is -2.12. The fourth-order valence-electron chi connectivity index (χ4n) is 4.28. The fraction of sp³-hybridized carbons (Fsp3) is 0.138. The average Bonchev–Trinajstić information content (AvgIpc) is 3.67. The Balaban J connectivity index is 1.10. The van der Waals surface area contributed by atoms with Crippen molar-refractivity contribution in [2.45, 2.75) is 27.0 Å². The molecular formula is C29H23BrFN7O2S. The molecule has 206 valence electrons. The number of carbonyl (C=O) groups excluding carboxylic acids is 1. The number of amides is 1. The molecule has 4 aromatic heterocycles. The van der Waals surface area contributed by atoms with Crippen LogP contribution in [0.2, 0.25) is 0 Å². The number of thiazole rings is 1. The summed E-state index contributed by atoms with van der Waals surface area (Å²) in [6.45, 7) is 4.72. The molecular weight excluding hydrogens is 609 g/mol. The highest BCUT2D eigenvalue weighted by atomic mass is 79.9. The molecule has 6 aromatic rings. The van der Waals surface area contributed by atoms with E-state index in [1.54, 1.807) is 41.2 Å². The number of carbonyl (C=O) groups is 1. The Morgan fingerprint density at radius 3 is 2.66 bits per heavy atom. The minimum absolute atomic E-state index is 0.232. The van der Waals surface area contributed by atoms with E-state index in [0.29, 0.717) is 35.8 Å². The Bertz CT molecular complexity index is 1880. The molecule has 2 aromatic carbocycles. The summed E-state index contributed by atoms with van der Waals surface area (Å²) in [4.78, 5) is 23.0. The van der Waals surface area contributed by atoms with Gasteiger partial charge in [0, 0.05) is 34.1 Å². The Kier molecular flexibility index (Phi) is 7.33. The number of benzene rings is 2. The van der Waals surface area contributed by atoms with Gasteiger partial charge in [0.05, 0.1) is 24.1 Å². The van der Waals surface area contributed by atoms with Gasteiger partial charge in [0.25, 0.3) is 5.91 Å². The molecule has 1 amide bonds. The normalized spacial score (nSPS) is 11.2. The van der Waals surface area contributed by atoms with Crippen LogP contribution in [0.25, 0.3) is 16.9 Å². The van der Waals surface area contributed by atoms with Crippen molar-refractivity contribution in [1.29, 1.82) is 0 Å². The van der Waals surface area contributed by atoms with E-state index in [1.807, 2.05) is 42.8 Å². The first kappa shape index (κ1) is 26.8. The number of nitrogens with one attached hydrogen (secondary N) is 1. The van der Waals surface area contributed by atoms with E-state index >= 15 is 0 Å². The smallest absolute Gasteiger partial charge is 0.255 e. The first-order valence-corrected chi connectivity index (χ1v) is 14.2. The van der Waals surface area contributed by atoms with Crippen molar-refractivity contribution in [3.63, 3.8) is 0 Å². The Morgan fingerprint density at radius 1 is 1.05 bits per heavy atom. The number of halogens is 2. The number of anilines is 1. The van der Waals surface area contributed by atoms with E-state index in [1.165, 1.54) is 23.5 Å². The Hall–Kier alpha value is -4.42. The van der Waals surface area contributed by atoms with Crippen molar-refractivity contribution in [3.05, 3.63) is 110 Å². The Labute approximate surface area is 246 Å². The molecule has 0 saturated carbocycles. The van der Waals surface area contributed by atoms with Crippen LogP contribution in [0.4, 0.5) is 10.1 Å². The molecule has 4 heterocycles. The van der Waals surface area contributed by atoms with E-state index in [4.69, 9.17) is 4.74 Å². The molecule has 0 atom stereocenters. The zero-order valence-electron chi connectivity index (χ0n) is 22.0. The first-order valence-electron chi connectivity index (χ1n) is 12.6. The van der Waals surface area contributed by atoms with Crippen molar-refractivity contribution < 1.29 is 13.9 Å². The molecule has 0 bridgehead atoms. The molecule has 0 unspecified atom stereocenters. The third-order valence-corrected chi connectivity index (χ3v) is 7.83. The van der Waals surface area contributed by atoms with Gasteiger partial charge in [-0.05, 0) is 83.9 Å². The number of hydrogen-bond acceptors (Lipinski definition) is 7. The quantitative estimate of drug-likeness (QED) is 0.207. The largest absolute Gasteiger partial charge is 0.487 e. The minimum atomic E-state index is -0.468. The van der Waals surface area contributed by atoms with Gasteiger partial charge in [0.1, 0.15) is 29.5 Å². The summed E-state index contributed by atoms with van der Waals surface area (Å²) in [6.07, 6.45) is 5.60. The standard InChI is InChI=1S/C29H23BrFN7O2S/c1-17-3-10-27-32-21(13-37(27)12-17)16-40-22-7-4-19(5-8-22)28(39)33-20-6-9-24(31)23(11-20)26-15-38(36-35-26)14-25-18(2)41-29(30)34-25/h3-13,15H,14,16H2,1-2H3,(H,33,39). The highest BCUT2D eigenvalue weighted by Crippen LogP contribution is 2.26. The van der Waals surface area contributed by atoms with Gasteiger partial charge in [-0.1, -0.05) is 11.3 Å². The van der Waals surface area contributed by atoms with Crippen molar-refractivity contribution >= 4 is 44.5 Å². The summed E-state index contributed by atoms with van der Waals surface area (Å²) in [5, 5.41) is 11.1. The molecule has 0 radical (unpaired) electrons. The highest BCUT2D eigenvalue weighted by molar-refractivity contribution is 9.11. The van der Waals surface area contributed by atoms with Crippen LogP contribution in [0.5, 0.6) is 5.75 Å². The summed E-state index contributed by atoms with van der Waals surface area (Å²) < 4.78 is 24.9. The number of nitrogens with zero attached hydrogens (tertiary/aromatic N) is 6. The second-order valence-electron chi connectivity index (χ2n) is 9.44. The monoisotopic (exact) mass is 631 g/mol. The van der Waals surface area contributed by atoms with Crippen LogP contribution in [0.1, 0.15) is 32.2 Å². The van der Waals surface area contributed by atoms with Crippen molar-refractivity contribution in [2.75, 3.05) is 5.32 Å². The van der Waals surface area contributed by atoms with Gasteiger partial charge in [-0.2, -0.15) is 0 Å². The molecule has 0 spiro atoms. The molecule has 0 aliphatic carbocycles. The molecule has 1 N–H and O–H groups in total. The first-order chi connectivity index (χ1) is 19.8. The minimum Gasteiger partial charge on any atom is -0.487 e. The molecule has 0 aliphatic rings. The van der Waals surface area contributed by atoms with Gasteiger partial charge in [-0.25, -0.2) is 19.0 Å². The number of pyridine rings is 1. The van der Waals surface area contributed by atoms with Crippen LogP contribution in [-0.2, 0) is 13.2 Å². The molecule has 0 fully saturated rings. The number of ether oxygens (including phenoxy) is 1. The fourth-order valence-corrected chi connectivity index (χ4v) is 5.86. The third kappa shape index (κ3) is 6.03. The third-order valence-electron chi connectivity index (χ3n) is 6.37. The number of hydrogen-bond donors (Lipinski definition) is 1. The maximum Gasteiger partial charge on any atom is 0.255 e. The molecule has 9 nitrogen and oxygen atoms in total. The molecule has 0 saturated heterocycles. The van der Waals surface area contributed by atoms with Crippen molar-refractivity contribution in [2.24, 2.45) is 0 Å². The lowest BCUT2D eigenvalue weighted by atomic mass is 10.1. The maximum absolute atomic E-state index is 14.7. The van der Waals surface area contributed by atoms with E-state index in [-0.39, 0.29) is 11.5 Å². The van der Waals surface area contributed by atoms with Crippen LogP contribution in [0.15, 0.2) is 77.1 Å². The van der Waals surface area contributed by atoms with Gasteiger partial charge < -0.3 is 14.5 Å². The summed E-state index contributed by atoms with van der Waals surface area (Å²) in [5.41, 5.74) is 5.12. The number of aromatic nitrogens is 6. The summed E-state index contributed by atoms with van der Waals surface area (Å²) >= 11 is 4.92. The van der Waals surface area contributed by atoms with Crippen LogP contribution >= 0.6 is 27.3 Å². The molecule has 6 rings (SSSR count). The van der Waals surface area contributed by atoms with Gasteiger partial charge >= 0.3 is 0 Å². The summed E-state index contributed by atoms with van der Waals surface area (Å²) in [7, 11) is 0. The summed E-state index contributed by atoms with van der Waals surface area (Å²) in [5.74, 6) is -0.190. The average molecular weight is 633 g/mol. The molecule has 41 heavy (non-hydrogen) atoms. The lowest BCUT2D eigenvalue weighted by Gasteiger charge is -2.09. The second kappa shape index (κ2) is 11.2. The van der Waals surface area contributed by atoms with E-state index in [0.717, 1.165) is 31.4 Å². The lowest BCUT2D eigenvalue weighted by molar-refractivity contribution is 0.102. The predicted molar refractivity (Wildman–Crippen MR) is 158 cm³/mol. The maximum atomic E-state index is 14.7. The van der Waals surface area contributed by atoms with Crippen LogP contribution in [-0.4, -0.2) is 35.3 Å². The van der Waals surface area contributed by atoms with Crippen molar-refractivity contribution in [1.82, 2.24) is 29.4 Å². The van der Waals surface area contributed by atoms with Gasteiger partial charge in [0.15, 0.2) is 3.92 Å². The van der Waals surface area contributed by atoms with Crippen LogP contribution in [0.3, 0.4) is 0 Å². The molecule has 12 heteroatoms. The predicted octanol–water partition coefficient (Wildman–Crippen LogP) is 6.45.